The zero-order valence-corrected chi connectivity index (χ0v) is 11.6. The Bertz CT molecular complexity index is 559. The van der Waals surface area contributed by atoms with Crippen LogP contribution in [-0.4, -0.2) is 36.2 Å². The third kappa shape index (κ3) is 3.45. The predicted molar refractivity (Wildman–Crippen MR) is 75.4 cm³/mol. The molecule has 6 nitrogen and oxygen atoms in total. The Labute approximate surface area is 116 Å². The van der Waals surface area contributed by atoms with Gasteiger partial charge in [0.15, 0.2) is 0 Å². The highest BCUT2D eigenvalue weighted by molar-refractivity contribution is 6.28. The van der Waals surface area contributed by atoms with Crippen LogP contribution in [-0.2, 0) is 0 Å². The maximum Gasteiger partial charge on any atom is 0.233 e. The maximum absolute atomic E-state index is 5.86. The molecular weight excluding hydrogens is 266 g/mol. The molecule has 7 heteroatoms. The maximum atomic E-state index is 5.86. The van der Waals surface area contributed by atoms with E-state index in [1.54, 1.807) is 12.0 Å². The van der Waals surface area contributed by atoms with Crippen LogP contribution in [0.3, 0.4) is 0 Å². The van der Waals surface area contributed by atoms with Crippen molar-refractivity contribution in [2.45, 2.75) is 0 Å². The Balaban J connectivity index is 2.22. The van der Waals surface area contributed by atoms with Gasteiger partial charge in [-0.15, -0.1) is 0 Å². The molecule has 0 bridgehead atoms. The first-order valence-electron chi connectivity index (χ1n) is 5.58. The van der Waals surface area contributed by atoms with Gasteiger partial charge >= 0.3 is 0 Å². The van der Waals surface area contributed by atoms with E-state index in [2.05, 4.69) is 20.3 Å². The highest BCUT2D eigenvalue weighted by Gasteiger charge is 2.06. The average molecular weight is 280 g/mol. The standard InChI is InChI=1S/C12H14ClN5O/c1-18(2)12-16-10(13)15-11(17-12)14-8-4-6-9(19-3)7-5-8/h4-7H,1-3H3,(H,14,15,16,17). The zero-order chi connectivity index (χ0) is 13.8. The van der Waals surface area contributed by atoms with E-state index in [4.69, 9.17) is 16.3 Å². The lowest BCUT2D eigenvalue weighted by molar-refractivity contribution is 0.415. The first-order valence-corrected chi connectivity index (χ1v) is 5.96. The molecule has 1 aromatic carbocycles. The number of halogens is 1. The van der Waals surface area contributed by atoms with Crippen LogP contribution in [0, 0.1) is 0 Å². The lowest BCUT2D eigenvalue weighted by Gasteiger charge is -2.12. The monoisotopic (exact) mass is 279 g/mol. The smallest absolute Gasteiger partial charge is 0.233 e. The number of nitrogens with one attached hydrogen (secondary N) is 1. The fourth-order valence-corrected chi connectivity index (χ4v) is 1.55. The molecule has 0 saturated heterocycles. The van der Waals surface area contributed by atoms with Crippen LogP contribution in [0.1, 0.15) is 0 Å². The van der Waals surface area contributed by atoms with Crippen molar-refractivity contribution in [2.24, 2.45) is 0 Å². The SMILES string of the molecule is COc1ccc(Nc2nc(Cl)nc(N(C)C)n2)cc1. The van der Waals surface area contributed by atoms with Crippen LogP contribution in [0.5, 0.6) is 5.75 Å². The highest BCUT2D eigenvalue weighted by Crippen LogP contribution is 2.19. The first kappa shape index (κ1) is 13.4. The number of methoxy groups -OCH3 is 1. The van der Waals surface area contributed by atoms with Crippen molar-refractivity contribution < 1.29 is 4.74 Å². The molecule has 0 aliphatic heterocycles. The molecular formula is C12H14ClN5O. The molecule has 0 unspecified atom stereocenters. The van der Waals surface area contributed by atoms with E-state index in [1.807, 2.05) is 38.4 Å². The Morgan fingerprint density at radius 2 is 1.79 bits per heavy atom. The van der Waals surface area contributed by atoms with Gasteiger partial charge in [0.05, 0.1) is 7.11 Å². The van der Waals surface area contributed by atoms with Crippen LogP contribution >= 0.6 is 11.6 Å². The van der Waals surface area contributed by atoms with Gasteiger partial charge in [0, 0.05) is 19.8 Å². The molecule has 0 fully saturated rings. The van der Waals surface area contributed by atoms with Crippen molar-refractivity contribution in [1.82, 2.24) is 15.0 Å². The first-order chi connectivity index (χ1) is 9.08. The van der Waals surface area contributed by atoms with Crippen molar-refractivity contribution in [1.29, 1.82) is 0 Å². The third-order valence-corrected chi connectivity index (χ3v) is 2.51. The largest absolute Gasteiger partial charge is 0.497 e. The van der Waals surface area contributed by atoms with E-state index >= 15 is 0 Å². The molecule has 0 amide bonds. The summed E-state index contributed by atoms with van der Waals surface area (Å²) >= 11 is 5.86. The van der Waals surface area contributed by atoms with Gasteiger partial charge < -0.3 is 15.0 Å². The molecule has 1 N–H and O–H groups in total. The van der Waals surface area contributed by atoms with Gasteiger partial charge in [0.2, 0.25) is 17.2 Å². The topological polar surface area (TPSA) is 63.2 Å². The fourth-order valence-electron chi connectivity index (χ4n) is 1.40. The number of aromatic nitrogens is 3. The lowest BCUT2D eigenvalue weighted by atomic mass is 10.3. The van der Waals surface area contributed by atoms with Gasteiger partial charge in [-0.1, -0.05) is 0 Å². The molecule has 0 aliphatic carbocycles. The zero-order valence-electron chi connectivity index (χ0n) is 10.9. The molecule has 2 aromatic rings. The minimum absolute atomic E-state index is 0.148. The van der Waals surface area contributed by atoms with Gasteiger partial charge in [-0.3, -0.25) is 0 Å². The van der Waals surface area contributed by atoms with Crippen LogP contribution in [0.25, 0.3) is 0 Å². The molecule has 0 spiro atoms. The average Bonchev–Trinajstić information content (AvgIpc) is 2.39. The second kappa shape index (κ2) is 5.71. The highest BCUT2D eigenvalue weighted by atomic mass is 35.5. The van der Waals surface area contributed by atoms with E-state index in [0.717, 1.165) is 11.4 Å². The summed E-state index contributed by atoms with van der Waals surface area (Å²) in [6.45, 7) is 0. The van der Waals surface area contributed by atoms with Crippen LogP contribution in [0.4, 0.5) is 17.6 Å². The fraction of sp³-hybridized carbons (Fsp3) is 0.250. The number of benzene rings is 1. The number of nitrogens with zero attached hydrogens (tertiary/aromatic N) is 4. The second-order valence-electron chi connectivity index (χ2n) is 3.98. The third-order valence-electron chi connectivity index (χ3n) is 2.34. The second-order valence-corrected chi connectivity index (χ2v) is 4.31. The van der Waals surface area contributed by atoms with E-state index in [1.165, 1.54) is 0 Å². The number of hydrogen-bond donors (Lipinski definition) is 1. The van der Waals surface area contributed by atoms with Crippen LogP contribution in [0.2, 0.25) is 5.28 Å². The summed E-state index contributed by atoms with van der Waals surface area (Å²) in [5.74, 6) is 1.68. The molecule has 1 heterocycles. The van der Waals surface area contributed by atoms with Gasteiger partial charge in [0.1, 0.15) is 5.75 Å². The predicted octanol–water partition coefficient (Wildman–Crippen LogP) is 2.34. The van der Waals surface area contributed by atoms with Crippen LogP contribution < -0.4 is 15.0 Å². The van der Waals surface area contributed by atoms with Gasteiger partial charge in [-0.05, 0) is 35.9 Å². The number of rotatable bonds is 4. The molecule has 19 heavy (non-hydrogen) atoms. The van der Waals surface area contributed by atoms with Crippen molar-refractivity contribution in [3.05, 3.63) is 29.5 Å². The summed E-state index contributed by atoms with van der Waals surface area (Å²) in [6, 6.07) is 7.42. The van der Waals surface area contributed by atoms with E-state index < -0.39 is 0 Å². The minimum atomic E-state index is 0.148. The quantitative estimate of drug-likeness (QED) is 0.927. The van der Waals surface area contributed by atoms with Gasteiger partial charge in [-0.25, -0.2) is 0 Å². The number of anilines is 3. The van der Waals surface area contributed by atoms with E-state index in [-0.39, 0.29) is 5.28 Å². The van der Waals surface area contributed by atoms with E-state index in [0.29, 0.717) is 11.9 Å². The minimum Gasteiger partial charge on any atom is -0.497 e. The summed E-state index contributed by atoms with van der Waals surface area (Å²) in [7, 11) is 5.29. The summed E-state index contributed by atoms with van der Waals surface area (Å²) in [5, 5.41) is 3.21. The summed E-state index contributed by atoms with van der Waals surface area (Å²) in [4.78, 5) is 14.0. The van der Waals surface area contributed by atoms with Crippen molar-refractivity contribution in [3.8, 4) is 5.75 Å². The summed E-state index contributed by atoms with van der Waals surface area (Å²) < 4.78 is 5.09. The normalized spacial score (nSPS) is 10.1. The Kier molecular flexibility index (Phi) is 4.01. The van der Waals surface area contributed by atoms with E-state index in [9.17, 15) is 0 Å². The van der Waals surface area contributed by atoms with Crippen molar-refractivity contribution in [3.63, 3.8) is 0 Å². The molecule has 0 aliphatic rings. The molecule has 0 radical (unpaired) electrons. The summed E-state index contributed by atoms with van der Waals surface area (Å²) in [6.07, 6.45) is 0. The molecule has 1 aromatic heterocycles. The molecule has 0 atom stereocenters. The number of ether oxygens (including phenoxy) is 1. The Morgan fingerprint density at radius 3 is 2.37 bits per heavy atom. The van der Waals surface area contributed by atoms with Gasteiger partial charge in [-0.2, -0.15) is 15.0 Å². The Hall–Kier alpha value is -2.08. The Morgan fingerprint density at radius 1 is 1.11 bits per heavy atom. The molecule has 100 valence electrons. The number of hydrogen-bond acceptors (Lipinski definition) is 6. The van der Waals surface area contributed by atoms with Crippen molar-refractivity contribution >= 4 is 29.2 Å². The van der Waals surface area contributed by atoms with Crippen LogP contribution in [0.15, 0.2) is 24.3 Å². The molecule has 0 saturated carbocycles. The van der Waals surface area contributed by atoms with Crippen molar-refractivity contribution in [2.75, 3.05) is 31.4 Å². The van der Waals surface area contributed by atoms with Gasteiger partial charge in [0.25, 0.3) is 0 Å². The lowest BCUT2D eigenvalue weighted by Crippen LogP contribution is -2.14. The summed E-state index contributed by atoms with van der Waals surface area (Å²) in [5.41, 5.74) is 0.841. The molecule has 2 rings (SSSR count).